The average Bonchev–Trinajstić information content (AvgIpc) is 3.09. The Labute approximate surface area is 184 Å². The highest BCUT2D eigenvalue weighted by molar-refractivity contribution is 7.19. The van der Waals surface area contributed by atoms with Gasteiger partial charge in [0.05, 0.1) is 23.0 Å². The van der Waals surface area contributed by atoms with Crippen LogP contribution >= 0.6 is 22.9 Å². The van der Waals surface area contributed by atoms with Gasteiger partial charge in [0.1, 0.15) is 10.7 Å². The first-order valence-electron chi connectivity index (χ1n) is 8.96. The molecule has 8 nitrogen and oxygen atoms in total. The third-order valence-corrected chi connectivity index (χ3v) is 5.91. The Kier molecular flexibility index (Phi) is 5.30. The number of halogens is 1. The lowest BCUT2D eigenvalue weighted by atomic mass is 10.0. The fourth-order valence-corrected chi connectivity index (χ4v) is 4.57. The summed E-state index contributed by atoms with van der Waals surface area (Å²) in [6.07, 6.45) is 0. The van der Waals surface area contributed by atoms with Crippen LogP contribution in [0.1, 0.15) is 15.2 Å². The summed E-state index contributed by atoms with van der Waals surface area (Å²) in [5.41, 5.74) is 1.02. The number of aryl methyl sites for hydroxylation is 1. The molecule has 0 fully saturated rings. The van der Waals surface area contributed by atoms with Gasteiger partial charge in [-0.25, -0.2) is 9.78 Å². The van der Waals surface area contributed by atoms with Crippen LogP contribution in [0, 0.1) is 17.0 Å². The molecule has 0 spiro atoms. The number of carbonyl (C=O) groups is 1. The Balaban J connectivity index is 1.94. The molecule has 1 N–H and O–H groups in total. The van der Waals surface area contributed by atoms with Gasteiger partial charge in [-0.05, 0) is 30.7 Å². The highest BCUT2D eigenvalue weighted by Crippen LogP contribution is 2.37. The van der Waals surface area contributed by atoms with Crippen molar-refractivity contribution >= 4 is 44.8 Å². The molecule has 0 saturated carbocycles. The van der Waals surface area contributed by atoms with Crippen LogP contribution in [0.2, 0.25) is 5.02 Å². The zero-order valence-corrected chi connectivity index (χ0v) is 17.8. The molecular formula is C21H14ClN3O5S. The quantitative estimate of drug-likeness (QED) is 0.264. The van der Waals surface area contributed by atoms with E-state index in [0.29, 0.717) is 15.2 Å². The molecule has 0 saturated heterocycles. The average molecular weight is 456 g/mol. The van der Waals surface area contributed by atoms with Gasteiger partial charge in [0, 0.05) is 33.2 Å². The summed E-state index contributed by atoms with van der Waals surface area (Å²) in [4.78, 5) is 44.2. The van der Waals surface area contributed by atoms with Crippen molar-refractivity contribution in [2.45, 2.75) is 6.92 Å². The summed E-state index contributed by atoms with van der Waals surface area (Å²) in [7, 11) is 1.18. The number of esters is 1. The smallest absolute Gasteiger partial charge is 0.338 e. The number of aromatic amines is 1. The molecule has 0 atom stereocenters. The van der Waals surface area contributed by atoms with E-state index in [2.05, 4.69) is 14.7 Å². The number of H-pyrrole nitrogens is 1. The number of carbonyl (C=O) groups excluding carboxylic acids is 1. The van der Waals surface area contributed by atoms with E-state index in [0.717, 1.165) is 22.1 Å². The standard InChI is InChI=1S/C21H14ClN3O5S/c1-10-16(11-4-3-5-14(22)7-11)17-19(26)23-18(24-20(17)31-10)12-6-13(21(27)30-2)9-15(8-12)25(28)29/h3-9H,1-2H3,(H,23,24,26). The number of rotatable bonds is 4. The van der Waals surface area contributed by atoms with Crippen molar-refractivity contribution in [2.75, 3.05) is 7.11 Å². The lowest BCUT2D eigenvalue weighted by Gasteiger charge is -2.06. The number of non-ortho nitro benzene ring substituents is 1. The minimum atomic E-state index is -0.733. The largest absolute Gasteiger partial charge is 0.465 e. The van der Waals surface area contributed by atoms with Crippen molar-refractivity contribution in [3.05, 3.63) is 78.4 Å². The van der Waals surface area contributed by atoms with Crippen molar-refractivity contribution < 1.29 is 14.5 Å². The molecule has 0 aliphatic heterocycles. The Hall–Kier alpha value is -3.56. The second-order valence-electron chi connectivity index (χ2n) is 6.66. The molecule has 156 valence electrons. The molecular weight excluding hydrogens is 442 g/mol. The molecule has 4 rings (SSSR count). The highest BCUT2D eigenvalue weighted by Gasteiger charge is 2.20. The van der Waals surface area contributed by atoms with Crippen LogP contribution in [-0.4, -0.2) is 28.0 Å². The lowest BCUT2D eigenvalue weighted by Crippen LogP contribution is -2.10. The normalized spacial score (nSPS) is 10.9. The number of benzene rings is 2. The fourth-order valence-electron chi connectivity index (χ4n) is 3.34. The molecule has 0 unspecified atom stereocenters. The maximum atomic E-state index is 13.0. The van der Waals surface area contributed by atoms with Crippen molar-refractivity contribution in [3.8, 4) is 22.5 Å². The van der Waals surface area contributed by atoms with Gasteiger partial charge in [0.25, 0.3) is 11.2 Å². The minimum absolute atomic E-state index is 0.0172. The number of aromatic nitrogens is 2. The summed E-state index contributed by atoms with van der Waals surface area (Å²) >= 11 is 7.44. The number of nitrogens with zero attached hydrogens (tertiary/aromatic N) is 2. The zero-order valence-electron chi connectivity index (χ0n) is 16.3. The van der Waals surface area contributed by atoms with Crippen LogP contribution in [-0.2, 0) is 4.74 Å². The van der Waals surface area contributed by atoms with Gasteiger partial charge in [-0.15, -0.1) is 11.3 Å². The van der Waals surface area contributed by atoms with E-state index in [9.17, 15) is 19.7 Å². The fraction of sp³-hybridized carbons (Fsp3) is 0.0952. The van der Waals surface area contributed by atoms with E-state index < -0.39 is 16.5 Å². The van der Waals surface area contributed by atoms with Crippen LogP contribution in [0.25, 0.3) is 32.7 Å². The van der Waals surface area contributed by atoms with Crippen LogP contribution in [0.5, 0.6) is 0 Å². The summed E-state index contributed by atoms with van der Waals surface area (Å²) in [5.74, 6) is -0.617. The molecule has 31 heavy (non-hydrogen) atoms. The van der Waals surface area contributed by atoms with Gasteiger partial charge in [0.15, 0.2) is 0 Å². The van der Waals surface area contributed by atoms with E-state index >= 15 is 0 Å². The first-order chi connectivity index (χ1) is 14.8. The molecule has 2 aromatic carbocycles. The maximum absolute atomic E-state index is 13.0. The van der Waals surface area contributed by atoms with Crippen LogP contribution in [0.4, 0.5) is 5.69 Å². The summed E-state index contributed by atoms with van der Waals surface area (Å²) in [6.45, 7) is 1.88. The van der Waals surface area contributed by atoms with Crippen molar-refractivity contribution in [2.24, 2.45) is 0 Å². The molecule has 0 aliphatic carbocycles. The number of nitro benzene ring substituents is 1. The van der Waals surface area contributed by atoms with Crippen LogP contribution in [0.15, 0.2) is 47.3 Å². The molecule has 0 radical (unpaired) electrons. The first-order valence-corrected chi connectivity index (χ1v) is 10.2. The van der Waals surface area contributed by atoms with E-state index in [1.165, 1.54) is 30.6 Å². The molecule has 10 heteroatoms. The molecule has 2 aromatic heterocycles. The summed E-state index contributed by atoms with van der Waals surface area (Å²) < 4.78 is 4.67. The molecule has 4 aromatic rings. The van der Waals surface area contributed by atoms with Gasteiger partial charge in [-0.3, -0.25) is 14.9 Å². The Bertz CT molecular complexity index is 1430. The molecule has 0 bridgehead atoms. The number of nitro groups is 1. The van der Waals surface area contributed by atoms with Gasteiger partial charge >= 0.3 is 5.97 Å². The maximum Gasteiger partial charge on any atom is 0.338 e. The third kappa shape index (κ3) is 3.80. The van der Waals surface area contributed by atoms with Crippen LogP contribution < -0.4 is 5.56 Å². The number of thiophene rings is 1. The number of methoxy groups -OCH3 is 1. The highest BCUT2D eigenvalue weighted by atomic mass is 35.5. The second-order valence-corrected chi connectivity index (χ2v) is 8.30. The number of hydrogen-bond donors (Lipinski definition) is 1. The second kappa shape index (κ2) is 7.93. The minimum Gasteiger partial charge on any atom is -0.465 e. The Morgan fingerprint density at radius 2 is 2.00 bits per heavy atom. The van der Waals surface area contributed by atoms with E-state index in [1.807, 2.05) is 13.0 Å². The zero-order chi connectivity index (χ0) is 22.3. The Morgan fingerprint density at radius 1 is 1.23 bits per heavy atom. The summed E-state index contributed by atoms with van der Waals surface area (Å²) in [5, 5.41) is 12.3. The monoisotopic (exact) mass is 455 g/mol. The predicted molar refractivity (Wildman–Crippen MR) is 119 cm³/mol. The van der Waals surface area contributed by atoms with E-state index in [1.54, 1.807) is 18.2 Å². The summed E-state index contributed by atoms with van der Waals surface area (Å²) in [6, 6.07) is 10.9. The molecule has 2 heterocycles. The van der Waals surface area contributed by atoms with Gasteiger partial charge in [-0.2, -0.15) is 0 Å². The number of nitrogens with one attached hydrogen (secondary N) is 1. The van der Waals surface area contributed by atoms with Gasteiger partial charge in [-0.1, -0.05) is 23.7 Å². The SMILES string of the molecule is COC(=O)c1cc(-c2nc3sc(C)c(-c4cccc(Cl)c4)c3c(=O)[nH]2)cc([N+](=O)[O-])c1. The van der Waals surface area contributed by atoms with Crippen LogP contribution in [0.3, 0.4) is 0 Å². The molecule has 0 amide bonds. The Morgan fingerprint density at radius 3 is 2.68 bits per heavy atom. The number of fused-ring (bicyclic) bond motifs is 1. The number of ether oxygens (including phenoxy) is 1. The third-order valence-electron chi connectivity index (χ3n) is 4.67. The lowest BCUT2D eigenvalue weighted by molar-refractivity contribution is -0.384. The molecule has 0 aliphatic rings. The van der Waals surface area contributed by atoms with Crippen molar-refractivity contribution in [3.63, 3.8) is 0 Å². The van der Waals surface area contributed by atoms with Gasteiger partial charge < -0.3 is 9.72 Å². The van der Waals surface area contributed by atoms with Crippen molar-refractivity contribution in [1.29, 1.82) is 0 Å². The predicted octanol–water partition coefficient (Wildman–Crippen LogP) is 4.98. The van der Waals surface area contributed by atoms with E-state index in [4.69, 9.17) is 11.6 Å². The first kappa shape index (κ1) is 20.7. The van der Waals surface area contributed by atoms with Gasteiger partial charge in [0.2, 0.25) is 0 Å². The van der Waals surface area contributed by atoms with Crippen molar-refractivity contribution in [1.82, 2.24) is 9.97 Å². The van der Waals surface area contributed by atoms with E-state index in [-0.39, 0.29) is 22.6 Å². The topological polar surface area (TPSA) is 115 Å². The number of hydrogen-bond acceptors (Lipinski definition) is 7.